The topological polar surface area (TPSA) is 124 Å². The van der Waals surface area contributed by atoms with Crippen LogP contribution in [0.1, 0.15) is 12.5 Å². The number of ether oxygens (including phenoxy) is 2. The van der Waals surface area contributed by atoms with Gasteiger partial charge >= 0.3 is 18.1 Å². The molecule has 0 saturated heterocycles. The van der Waals surface area contributed by atoms with Crippen LogP contribution in [0, 0.1) is 5.41 Å². The zero-order valence-corrected chi connectivity index (χ0v) is 21.2. The van der Waals surface area contributed by atoms with Gasteiger partial charge in [0.1, 0.15) is 17.3 Å². The van der Waals surface area contributed by atoms with Crippen LogP contribution >= 0.6 is 11.6 Å². The average molecular weight is 564 g/mol. The molecule has 10 nitrogen and oxygen atoms in total. The van der Waals surface area contributed by atoms with Crippen LogP contribution in [0.2, 0.25) is 5.02 Å². The number of rotatable bonds is 8. The summed E-state index contributed by atoms with van der Waals surface area (Å²) >= 11 is 5.99. The Morgan fingerprint density at radius 2 is 1.79 bits per heavy atom. The van der Waals surface area contributed by atoms with Crippen molar-refractivity contribution in [3.05, 3.63) is 91.8 Å². The molecule has 0 spiro atoms. The number of benzene rings is 2. The van der Waals surface area contributed by atoms with Crippen LogP contribution in [0.3, 0.4) is 0 Å². The Kier molecular flexibility index (Phi) is 7.54. The first-order valence-electron chi connectivity index (χ1n) is 11.2. The maximum atomic E-state index is 13.5. The largest absolute Gasteiger partial charge is 0.573 e. The number of aromatic nitrogens is 4. The van der Waals surface area contributed by atoms with E-state index in [1.807, 2.05) is 0 Å². The van der Waals surface area contributed by atoms with E-state index in [4.69, 9.17) is 21.7 Å². The lowest BCUT2D eigenvalue weighted by Crippen LogP contribution is -2.40. The smallest absolute Gasteiger partial charge is 0.510 e. The van der Waals surface area contributed by atoms with Gasteiger partial charge in [-0.2, -0.15) is 4.98 Å². The van der Waals surface area contributed by atoms with Crippen LogP contribution in [-0.4, -0.2) is 35.9 Å². The molecule has 0 aliphatic rings. The number of nitrogens with one attached hydrogen (secondary N) is 1. The van der Waals surface area contributed by atoms with Crippen molar-refractivity contribution in [3.63, 3.8) is 0 Å². The predicted molar refractivity (Wildman–Crippen MR) is 137 cm³/mol. The first kappa shape index (κ1) is 27.5. The van der Waals surface area contributed by atoms with Gasteiger partial charge in [0.15, 0.2) is 11.2 Å². The summed E-state index contributed by atoms with van der Waals surface area (Å²) in [6.45, 7) is 0.924. The highest BCUT2D eigenvalue weighted by Gasteiger charge is 2.31. The Bertz CT molecular complexity index is 1700. The van der Waals surface area contributed by atoms with E-state index in [9.17, 15) is 27.9 Å². The van der Waals surface area contributed by atoms with E-state index in [2.05, 4.69) is 9.72 Å². The van der Waals surface area contributed by atoms with Gasteiger partial charge in [0.2, 0.25) is 0 Å². The minimum atomic E-state index is -4.92. The molecule has 0 atom stereocenters. The van der Waals surface area contributed by atoms with Crippen molar-refractivity contribution in [3.8, 4) is 17.5 Å². The highest BCUT2D eigenvalue weighted by atomic mass is 35.5. The lowest BCUT2D eigenvalue weighted by molar-refractivity contribution is -0.274. The predicted octanol–water partition coefficient (Wildman–Crippen LogP) is 4.77. The van der Waals surface area contributed by atoms with Gasteiger partial charge in [-0.25, -0.2) is 4.79 Å². The molecule has 14 heteroatoms. The van der Waals surface area contributed by atoms with E-state index in [1.54, 1.807) is 24.3 Å². The van der Waals surface area contributed by atoms with Gasteiger partial charge < -0.3 is 20.0 Å². The van der Waals surface area contributed by atoms with E-state index < -0.39 is 29.9 Å². The number of halogens is 4. The molecule has 0 saturated carbocycles. The van der Waals surface area contributed by atoms with Crippen molar-refractivity contribution in [2.24, 2.45) is 7.05 Å². The van der Waals surface area contributed by atoms with Crippen LogP contribution in [0.15, 0.2) is 70.0 Å². The SMILES string of the molecule is CC(=N)/C=C(\O)Cn1c(=O)c2c(nc(Oc3cccc(OC(F)(F)F)c3)n2Cc2ccc(Cl)cc2)n(C)c1=O. The molecule has 2 N–H and O–H groups in total. The number of aliphatic hydroxyl groups excluding tert-OH is 1. The standard InChI is InChI=1S/C25H21ClF3N5O5/c1-14(30)10-17(35)13-34-22(36)20-21(32(2)24(34)37)31-23(33(20)12-15-6-8-16(26)9-7-15)38-18-4-3-5-19(11-18)39-25(27,28)29/h3-11,30,35H,12-13H2,1-2H3/b17-10-,30-14?. The Morgan fingerprint density at radius 1 is 1.13 bits per heavy atom. The second-order valence-corrected chi connectivity index (χ2v) is 8.89. The van der Waals surface area contributed by atoms with E-state index >= 15 is 0 Å². The third-order valence-electron chi connectivity index (χ3n) is 5.40. The maximum absolute atomic E-state index is 13.5. The number of hydrogen-bond acceptors (Lipinski definition) is 7. The van der Waals surface area contributed by atoms with Crippen molar-refractivity contribution in [2.45, 2.75) is 26.4 Å². The number of aliphatic hydroxyl groups is 1. The van der Waals surface area contributed by atoms with Crippen LogP contribution in [0.25, 0.3) is 11.2 Å². The average Bonchev–Trinajstić information content (AvgIpc) is 3.18. The Morgan fingerprint density at radius 3 is 2.44 bits per heavy atom. The van der Waals surface area contributed by atoms with Gasteiger partial charge in [0.25, 0.3) is 5.56 Å². The zero-order chi connectivity index (χ0) is 28.5. The fourth-order valence-corrected chi connectivity index (χ4v) is 3.91. The molecular formula is C25H21ClF3N5O5. The van der Waals surface area contributed by atoms with Crippen molar-refractivity contribution >= 4 is 28.5 Å². The molecule has 204 valence electrons. The fourth-order valence-electron chi connectivity index (χ4n) is 3.79. The lowest BCUT2D eigenvalue weighted by Gasteiger charge is -2.12. The van der Waals surface area contributed by atoms with Gasteiger partial charge in [-0.05, 0) is 42.8 Å². The minimum absolute atomic E-state index is 0.0105. The molecule has 0 amide bonds. The van der Waals surface area contributed by atoms with Crippen LogP contribution in [0.5, 0.6) is 17.5 Å². The number of imidazole rings is 1. The van der Waals surface area contributed by atoms with Crippen molar-refractivity contribution in [2.75, 3.05) is 0 Å². The quantitative estimate of drug-likeness (QED) is 0.235. The number of aryl methyl sites for hydroxylation is 1. The number of nitrogens with zero attached hydrogens (tertiary/aromatic N) is 4. The van der Waals surface area contributed by atoms with Crippen LogP contribution in [-0.2, 0) is 20.1 Å². The monoisotopic (exact) mass is 563 g/mol. The molecule has 0 bridgehead atoms. The first-order valence-corrected chi connectivity index (χ1v) is 11.6. The van der Waals surface area contributed by atoms with Crippen molar-refractivity contribution < 1.29 is 27.8 Å². The summed E-state index contributed by atoms with van der Waals surface area (Å²) < 4.78 is 51.1. The second-order valence-electron chi connectivity index (χ2n) is 8.46. The molecule has 0 aliphatic heterocycles. The van der Waals surface area contributed by atoms with Gasteiger partial charge in [0, 0.05) is 23.8 Å². The van der Waals surface area contributed by atoms with E-state index in [1.165, 1.54) is 30.7 Å². The van der Waals surface area contributed by atoms with Crippen LogP contribution in [0.4, 0.5) is 13.2 Å². The molecule has 39 heavy (non-hydrogen) atoms. The summed E-state index contributed by atoms with van der Waals surface area (Å²) in [5.74, 6) is -0.988. The third kappa shape index (κ3) is 6.32. The lowest BCUT2D eigenvalue weighted by atomic mass is 10.2. The molecule has 2 aromatic carbocycles. The summed E-state index contributed by atoms with van der Waals surface area (Å²) in [4.78, 5) is 30.8. The molecular weight excluding hydrogens is 543 g/mol. The van der Waals surface area contributed by atoms with Gasteiger partial charge in [0.05, 0.1) is 13.1 Å². The van der Waals surface area contributed by atoms with Crippen molar-refractivity contribution in [1.29, 1.82) is 5.41 Å². The molecule has 4 aromatic rings. The fraction of sp³-hybridized carbons (Fsp3) is 0.200. The van der Waals surface area contributed by atoms with Gasteiger partial charge in [-0.1, -0.05) is 29.8 Å². The highest BCUT2D eigenvalue weighted by molar-refractivity contribution is 6.30. The van der Waals surface area contributed by atoms with Crippen LogP contribution < -0.4 is 20.7 Å². The summed E-state index contributed by atoms with van der Waals surface area (Å²) in [7, 11) is 1.37. The normalized spacial score (nSPS) is 12.1. The second kappa shape index (κ2) is 10.7. The Balaban J connectivity index is 1.89. The number of fused-ring (bicyclic) bond motifs is 1. The van der Waals surface area contributed by atoms with E-state index in [0.717, 1.165) is 27.3 Å². The molecule has 0 aliphatic carbocycles. The Hall–Kier alpha value is -4.52. The highest BCUT2D eigenvalue weighted by Crippen LogP contribution is 2.30. The first-order chi connectivity index (χ1) is 18.3. The van der Waals surface area contributed by atoms with E-state index in [0.29, 0.717) is 10.6 Å². The summed E-state index contributed by atoms with van der Waals surface area (Å²) in [6.07, 6.45) is -3.81. The molecule has 2 aromatic heterocycles. The summed E-state index contributed by atoms with van der Waals surface area (Å²) in [5.41, 5.74) is -1.04. The summed E-state index contributed by atoms with van der Waals surface area (Å²) in [5, 5.41) is 18.2. The minimum Gasteiger partial charge on any atom is -0.510 e. The number of allylic oxidation sites excluding steroid dienone is 2. The third-order valence-corrected chi connectivity index (χ3v) is 5.65. The number of alkyl halides is 3. The molecule has 4 rings (SSSR count). The molecule has 2 heterocycles. The zero-order valence-electron chi connectivity index (χ0n) is 20.5. The molecule has 0 unspecified atom stereocenters. The summed E-state index contributed by atoms with van der Waals surface area (Å²) in [6, 6.07) is 11.2. The van der Waals surface area contributed by atoms with E-state index in [-0.39, 0.29) is 40.9 Å². The molecule has 0 radical (unpaired) electrons. The van der Waals surface area contributed by atoms with Crippen molar-refractivity contribution in [1.82, 2.24) is 18.7 Å². The number of hydrogen-bond donors (Lipinski definition) is 2. The van der Waals surface area contributed by atoms with Gasteiger partial charge in [-0.3, -0.25) is 18.5 Å². The molecule has 0 fully saturated rings. The Labute approximate surface area is 223 Å². The maximum Gasteiger partial charge on any atom is 0.573 e. The van der Waals surface area contributed by atoms with Gasteiger partial charge in [-0.15, -0.1) is 13.2 Å².